The molecular formula is C24H23N3O5. The Morgan fingerprint density at radius 3 is 2.50 bits per heavy atom. The highest BCUT2D eigenvalue weighted by molar-refractivity contribution is 6.11. The van der Waals surface area contributed by atoms with Gasteiger partial charge in [0.15, 0.2) is 11.5 Å². The Balaban J connectivity index is 1.83. The molecule has 8 nitrogen and oxygen atoms in total. The van der Waals surface area contributed by atoms with Gasteiger partial charge in [0, 0.05) is 42.9 Å². The molecule has 2 aromatic carbocycles. The van der Waals surface area contributed by atoms with E-state index in [1.165, 1.54) is 26.0 Å². The smallest absolute Gasteiger partial charge is 0.259 e. The highest BCUT2D eigenvalue weighted by Crippen LogP contribution is 2.49. The Hall–Kier alpha value is -3.94. The van der Waals surface area contributed by atoms with E-state index in [9.17, 15) is 14.7 Å². The van der Waals surface area contributed by atoms with Crippen molar-refractivity contribution in [3.63, 3.8) is 0 Å². The summed E-state index contributed by atoms with van der Waals surface area (Å²) in [6.45, 7) is 1.57. The molecule has 0 saturated carbocycles. The molecule has 0 saturated heterocycles. The second-order valence-corrected chi connectivity index (χ2v) is 8.03. The van der Waals surface area contributed by atoms with E-state index in [1.54, 1.807) is 12.1 Å². The fraction of sp³-hybridized carbons (Fsp3) is 0.250. The van der Waals surface area contributed by atoms with Gasteiger partial charge in [0.05, 0.1) is 31.9 Å². The number of rotatable bonds is 3. The maximum atomic E-state index is 13.5. The highest BCUT2D eigenvalue weighted by Gasteiger charge is 2.42. The molecule has 2 amide bonds. The first-order valence-corrected chi connectivity index (χ1v) is 10.2. The average molecular weight is 433 g/mol. The van der Waals surface area contributed by atoms with Crippen LogP contribution in [-0.2, 0) is 16.6 Å². The first kappa shape index (κ1) is 20.0. The summed E-state index contributed by atoms with van der Waals surface area (Å²) < 4.78 is 12.8. The molecule has 3 aromatic rings. The van der Waals surface area contributed by atoms with Crippen LogP contribution in [0.1, 0.15) is 24.0 Å². The van der Waals surface area contributed by atoms with Crippen LogP contribution in [0, 0.1) is 0 Å². The fourth-order valence-electron chi connectivity index (χ4n) is 4.80. The summed E-state index contributed by atoms with van der Waals surface area (Å²) in [6.07, 6.45) is 2.01. The van der Waals surface area contributed by atoms with Crippen LogP contribution in [0.5, 0.6) is 17.2 Å². The molecule has 0 radical (unpaired) electrons. The Labute approximate surface area is 184 Å². The number of aryl methyl sites for hydroxylation is 1. The maximum Gasteiger partial charge on any atom is 0.259 e. The van der Waals surface area contributed by atoms with Crippen LogP contribution in [-0.4, -0.2) is 47.2 Å². The van der Waals surface area contributed by atoms with E-state index >= 15 is 0 Å². The molecule has 1 aromatic heterocycles. The number of nitrogens with one attached hydrogen (secondary N) is 1. The number of nitrogens with zero attached hydrogens (tertiary/aromatic N) is 2. The van der Waals surface area contributed by atoms with Crippen LogP contribution in [0.3, 0.4) is 0 Å². The van der Waals surface area contributed by atoms with E-state index in [0.717, 1.165) is 22.2 Å². The predicted molar refractivity (Wildman–Crippen MR) is 119 cm³/mol. The Morgan fingerprint density at radius 2 is 1.88 bits per heavy atom. The molecule has 0 bridgehead atoms. The third kappa shape index (κ3) is 2.69. The van der Waals surface area contributed by atoms with Crippen LogP contribution in [0.25, 0.3) is 10.9 Å². The maximum absolute atomic E-state index is 13.5. The molecule has 5 rings (SSSR count). The number of aromatic nitrogens is 1. The molecule has 0 unspecified atom stereocenters. The van der Waals surface area contributed by atoms with Gasteiger partial charge in [-0.15, -0.1) is 0 Å². The zero-order valence-corrected chi connectivity index (χ0v) is 18.2. The van der Waals surface area contributed by atoms with Crippen molar-refractivity contribution in [2.75, 3.05) is 26.1 Å². The molecule has 3 heterocycles. The molecule has 2 N–H and O–H groups in total. The lowest BCUT2D eigenvalue weighted by Gasteiger charge is -2.21. The number of imide groups is 1. The zero-order chi connectivity index (χ0) is 22.7. The van der Waals surface area contributed by atoms with Crippen molar-refractivity contribution in [3.05, 3.63) is 58.9 Å². The summed E-state index contributed by atoms with van der Waals surface area (Å²) in [4.78, 5) is 26.9. The summed E-state index contributed by atoms with van der Waals surface area (Å²) in [5.74, 6) is -0.760. The quantitative estimate of drug-likeness (QED) is 0.659. The standard InChI is InChI=1S/C24H23N3O5/c1-12(28)27-11-16-22(24(27)30)20(13-8-18(31-3)23(29)19(9-13)32-4)14-10-26(2)17-7-5-6-15(25-16)21(14)17/h5-10,20,25,29H,11H2,1-4H3/t20-/m1/s1. The normalized spacial score (nSPS) is 17.3. The Bertz CT molecular complexity index is 1310. The van der Waals surface area contributed by atoms with Gasteiger partial charge in [-0.2, -0.15) is 0 Å². The number of carbonyl (C=O) groups excluding carboxylic acids is 2. The first-order valence-electron chi connectivity index (χ1n) is 10.2. The minimum absolute atomic E-state index is 0.110. The number of anilines is 1. The number of hydrogen-bond donors (Lipinski definition) is 2. The molecule has 0 aliphatic carbocycles. The highest BCUT2D eigenvalue weighted by atomic mass is 16.5. The van der Waals surface area contributed by atoms with Gasteiger partial charge >= 0.3 is 0 Å². The first-order chi connectivity index (χ1) is 15.3. The van der Waals surface area contributed by atoms with Crippen LogP contribution >= 0.6 is 0 Å². The van der Waals surface area contributed by atoms with Crippen LogP contribution in [0.2, 0.25) is 0 Å². The van der Waals surface area contributed by atoms with Crippen molar-refractivity contribution in [2.24, 2.45) is 7.05 Å². The summed E-state index contributed by atoms with van der Waals surface area (Å²) in [7, 11) is 4.89. The van der Waals surface area contributed by atoms with Gasteiger partial charge in [0.2, 0.25) is 11.7 Å². The molecule has 32 heavy (non-hydrogen) atoms. The molecule has 0 spiro atoms. The number of phenolic OH excluding ortho intramolecular Hbond substituents is 1. The van der Waals surface area contributed by atoms with Gasteiger partial charge in [-0.3, -0.25) is 14.5 Å². The number of methoxy groups -OCH3 is 2. The molecular weight excluding hydrogens is 410 g/mol. The lowest BCUT2D eigenvalue weighted by atomic mass is 9.84. The van der Waals surface area contributed by atoms with Crippen LogP contribution in [0.4, 0.5) is 5.69 Å². The predicted octanol–water partition coefficient (Wildman–Crippen LogP) is 3.10. The van der Waals surface area contributed by atoms with Gasteiger partial charge in [-0.25, -0.2) is 0 Å². The number of benzene rings is 2. The van der Waals surface area contributed by atoms with Gasteiger partial charge in [0.25, 0.3) is 5.91 Å². The number of carbonyl (C=O) groups is 2. The van der Waals surface area contributed by atoms with Crippen LogP contribution in [0.15, 0.2) is 47.8 Å². The Morgan fingerprint density at radius 1 is 1.19 bits per heavy atom. The number of phenols is 1. The molecule has 1 atom stereocenters. The Kier molecular flexibility index (Phi) is 4.40. The monoisotopic (exact) mass is 433 g/mol. The van der Waals surface area contributed by atoms with E-state index in [1.807, 2.05) is 36.0 Å². The van der Waals surface area contributed by atoms with Crippen LogP contribution < -0.4 is 14.8 Å². The van der Waals surface area contributed by atoms with Gasteiger partial charge in [-0.05, 0) is 35.4 Å². The summed E-state index contributed by atoms with van der Waals surface area (Å²) in [5.41, 5.74) is 4.72. The van der Waals surface area contributed by atoms with Crippen molar-refractivity contribution in [2.45, 2.75) is 12.8 Å². The second kappa shape index (κ2) is 7.05. The third-order valence-electron chi connectivity index (χ3n) is 6.26. The second-order valence-electron chi connectivity index (χ2n) is 8.03. The van der Waals surface area contributed by atoms with E-state index < -0.39 is 5.92 Å². The molecule has 0 fully saturated rings. The van der Waals surface area contributed by atoms with Gasteiger partial charge in [-0.1, -0.05) is 6.07 Å². The molecule has 2 aliphatic heterocycles. The minimum Gasteiger partial charge on any atom is -0.502 e. The SMILES string of the molecule is COc1cc([C@H]2C3=C(CN(C(C)=O)C3=O)Nc3cccc4c3c2cn4C)cc(OC)c1O. The van der Waals surface area contributed by atoms with Crippen molar-refractivity contribution in [1.29, 1.82) is 0 Å². The average Bonchev–Trinajstić information content (AvgIpc) is 3.23. The summed E-state index contributed by atoms with van der Waals surface area (Å²) in [5, 5.41) is 14.9. The third-order valence-corrected chi connectivity index (χ3v) is 6.26. The summed E-state index contributed by atoms with van der Waals surface area (Å²) in [6, 6.07) is 9.38. The van der Waals surface area contributed by atoms with Crippen molar-refractivity contribution < 1.29 is 24.2 Å². The van der Waals surface area contributed by atoms with Crippen molar-refractivity contribution in [3.8, 4) is 17.2 Å². The zero-order valence-electron chi connectivity index (χ0n) is 18.2. The largest absolute Gasteiger partial charge is 0.502 e. The van der Waals surface area contributed by atoms with Crippen molar-refractivity contribution >= 4 is 28.4 Å². The fourth-order valence-corrected chi connectivity index (χ4v) is 4.80. The topological polar surface area (TPSA) is 93.0 Å². The van der Waals surface area contributed by atoms with Gasteiger partial charge in [0.1, 0.15) is 0 Å². The van der Waals surface area contributed by atoms with E-state index in [0.29, 0.717) is 16.8 Å². The van der Waals surface area contributed by atoms with E-state index in [-0.39, 0.29) is 35.6 Å². The molecule has 8 heteroatoms. The van der Waals surface area contributed by atoms with E-state index in [2.05, 4.69) is 5.32 Å². The number of aromatic hydroxyl groups is 1. The number of amides is 2. The lowest BCUT2D eigenvalue weighted by molar-refractivity contribution is -0.139. The lowest BCUT2D eigenvalue weighted by Crippen LogP contribution is -2.33. The number of hydrogen-bond acceptors (Lipinski definition) is 6. The van der Waals surface area contributed by atoms with E-state index in [4.69, 9.17) is 9.47 Å². The van der Waals surface area contributed by atoms with Gasteiger partial charge < -0.3 is 24.5 Å². The van der Waals surface area contributed by atoms with Crippen molar-refractivity contribution in [1.82, 2.24) is 9.47 Å². The molecule has 2 aliphatic rings. The molecule has 164 valence electrons. The summed E-state index contributed by atoms with van der Waals surface area (Å²) >= 11 is 0. The number of ether oxygens (including phenoxy) is 2. The minimum atomic E-state index is -0.495.